The summed E-state index contributed by atoms with van der Waals surface area (Å²) < 4.78 is 39.8. The van der Waals surface area contributed by atoms with E-state index in [4.69, 9.17) is 23.2 Å². The van der Waals surface area contributed by atoms with Gasteiger partial charge in [0.15, 0.2) is 5.75 Å². The monoisotopic (exact) mass is 404 g/mol. The lowest BCUT2D eigenvalue weighted by Gasteiger charge is -2.35. The summed E-state index contributed by atoms with van der Waals surface area (Å²) in [5.74, 6) is -0.828. The molecule has 0 aromatic heterocycles. The normalized spacial score (nSPS) is 16.2. The van der Waals surface area contributed by atoms with Gasteiger partial charge in [-0.05, 0) is 36.4 Å². The molecule has 25 heavy (non-hydrogen) atoms. The van der Waals surface area contributed by atoms with Gasteiger partial charge >= 0.3 is 0 Å². The van der Waals surface area contributed by atoms with E-state index in [1.54, 1.807) is 12.1 Å². The topological polar surface area (TPSA) is 60.9 Å². The van der Waals surface area contributed by atoms with Crippen molar-refractivity contribution < 1.29 is 17.9 Å². The van der Waals surface area contributed by atoms with Gasteiger partial charge in [0.1, 0.15) is 10.7 Å². The van der Waals surface area contributed by atoms with Crippen molar-refractivity contribution in [1.29, 1.82) is 0 Å². The summed E-state index contributed by atoms with van der Waals surface area (Å²) in [5, 5.41) is 10.0. The van der Waals surface area contributed by atoms with E-state index >= 15 is 0 Å². The van der Waals surface area contributed by atoms with Crippen LogP contribution in [-0.2, 0) is 10.0 Å². The molecule has 2 aromatic carbocycles. The fraction of sp³-hybridized carbons (Fsp3) is 0.250. The lowest BCUT2D eigenvalue weighted by Crippen LogP contribution is -2.48. The number of hydrogen-bond acceptors (Lipinski definition) is 4. The fourth-order valence-corrected chi connectivity index (χ4v) is 4.88. The van der Waals surface area contributed by atoms with Gasteiger partial charge in [0.05, 0.1) is 5.02 Å². The van der Waals surface area contributed by atoms with Crippen LogP contribution in [0.15, 0.2) is 41.3 Å². The van der Waals surface area contributed by atoms with Gasteiger partial charge in [0.2, 0.25) is 10.0 Å². The molecule has 134 valence electrons. The molecule has 1 aliphatic rings. The average molecular weight is 405 g/mol. The van der Waals surface area contributed by atoms with Crippen LogP contribution in [0.1, 0.15) is 0 Å². The van der Waals surface area contributed by atoms with Crippen LogP contribution in [0, 0.1) is 5.82 Å². The van der Waals surface area contributed by atoms with E-state index in [0.717, 1.165) is 5.69 Å². The Balaban J connectivity index is 1.79. The molecular weight excluding hydrogens is 390 g/mol. The third-order valence-electron chi connectivity index (χ3n) is 4.04. The van der Waals surface area contributed by atoms with E-state index in [9.17, 15) is 17.9 Å². The Morgan fingerprint density at radius 1 is 1.00 bits per heavy atom. The Labute approximate surface area is 155 Å². The van der Waals surface area contributed by atoms with Crippen molar-refractivity contribution in [3.05, 3.63) is 52.3 Å². The molecule has 5 nitrogen and oxygen atoms in total. The van der Waals surface area contributed by atoms with Gasteiger partial charge in [-0.2, -0.15) is 4.31 Å². The summed E-state index contributed by atoms with van der Waals surface area (Å²) in [4.78, 5) is 1.66. The van der Waals surface area contributed by atoms with Crippen molar-refractivity contribution in [3.63, 3.8) is 0 Å². The second-order valence-electron chi connectivity index (χ2n) is 5.60. The molecule has 0 unspecified atom stereocenters. The molecule has 2 aromatic rings. The maximum atomic E-state index is 13.0. The summed E-state index contributed by atoms with van der Waals surface area (Å²) in [6.45, 7) is 1.34. The van der Waals surface area contributed by atoms with E-state index in [-0.39, 0.29) is 33.8 Å². The minimum atomic E-state index is -3.92. The lowest BCUT2D eigenvalue weighted by molar-refractivity contribution is 0.380. The molecule has 0 amide bonds. The van der Waals surface area contributed by atoms with E-state index < -0.39 is 15.8 Å². The summed E-state index contributed by atoms with van der Waals surface area (Å²) in [5.41, 5.74) is 0.826. The number of nitrogens with zero attached hydrogens (tertiary/aromatic N) is 2. The number of hydrogen-bond donors (Lipinski definition) is 1. The first kappa shape index (κ1) is 18.3. The Morgan fingerprint density at radius 3 is 2.20 bits per heavy atom. The standard InChI is InChI=1S/C16H15Cl2FN2O3S/c17-11-9-14(18)16(22)15(10-11)25(23,24)21-7-5-20(6-8-21)13-3-1-12(19)2-4-13/h1-4,9-10,22H,5-8H2. The summed E-state index contributed by atoms with van der Waals surface area (Å²) in [7, 11) is -3.92. The molecule has 0 atom stereocenters. The van der Waals surface area contributed by atoms with Crippen LogP contribution >= 0.6 is 23.2 Å². The molecule has 1 heterocycles. The first-order valence-electron chi connectivity index (χ1n) is 7.48. The first-order chi connectivity index (χ1) is 11.8. The molecule has 3 rings (SSSR count). The number of benzene rings is 2. The van der Waals surface area contributed by atoms with Crippen molar-refractivity contribution >= 4 is 38.9 Å². The third kappa shape index (κ3) is 3.69. The maximum Gasteiger partial charge on any atom is 0.246 e. The van der Waals surface area contributed by atoms with Crippen molar-refractivity contribution in [2.75, 3.05) is 31.1 Å². The van der Waals surface area contributed by atoms with Gasteiger partial charge in [0, 0.05) is 36.9 Å². The van der Waals surface area contributed by atoms with Crippen LogP contribution in [0.3, 0.4) is 0 Å². The van der Waals surface area contributed by atoms with Crippen LogP contribution in [0.4, 0.5) is 10.1 Å². The molecular formula is C16H15Cl2FN2O3S. The van der Waals surface area contributed by atoms with Crippen LogP contribution in [0.25, 0.3) is 0 Å². The Kier molecular flexibility index (Phi) is 5.11. The Hall–Kier alpha value is -1.54. The molecule has 0 radical (unpaired) electrons. The zero-order valence-electron chi connectivity index (χ0n) is 13.0. The quantitative estimate of drug-likeness (QED) is 0.851. The van der Waals surface area contributed by atoms with E-state index in [1.807, 2.05) is 4.90 Å². The fourth-order valence-electron chi connectivity index (χ4n) is 2.72. The van der Waals surface area contributed by atoms with Crippen molar-refractivity contribution in [2.45, 2.75) is 4.90 Å². The molecule has 1 fully saturated rings. The van der Waals surface area contributed by atoms with Crippen molar-refractivity contribution in [1.82, 2.24) is 4.31 Å². The molecule has 0 bridgehead atoms. The van der Waals surface area contributed by atoms with E-state index in [2.05, 4.69) is 0 Å². The predicted molar refractivity (Wildman–Crippen MR) is 95.5 cm³/mol. The molecule has 9 heteroatoms. The lowest BCUT2D eigenvalue weighted by atomic mass is 10.2. The molecule has 1 aliphatic heterocycles. The van der Waals surface area contributed by atoms with Crippen LogP contribution in [0.5, 0.6) is 5.75 Å². The van der Waals surface area contributed by atoms with Crippen LogP contribution < -0.4 is 4.90 Å². The largest absolute Gasteiger partial charge is 0.505 e. The second kappa shape index (κ2) is 6.99. The molecule has 1 saturated heterocycles. The predicted octanol–water partition coefficient (Wildman–Crippen LogP) is 3.35. The van der Waals surface area contributed by atoms with Crippen LogP contribution in [0.2, 0.25) is 10.0 Å². The summed E-state index contributed by atoms with van der Waals surface area (Å²) >= 11 is 11.7. The van der Waals surface area contributed by atoms with Gasteiger partial charge in [-0.15, -0.1) is 0 Å². The zero-order chi connectivity index (χ0) is 18.2. The number of aromatic hydroxyl groups is 1. The Morgan fingerprint density at radius 2 is 1.60 bits per heavy atom. The Bertz CT molecular complexity index is 883. The van der Waals surface area contributed by atoms with Gasteiger partial charge in [-0.1, -0.05) is 23.2 Å². The van der Waals surface area contributed by atoms with Crippen molar-refractivity contribution in [2.24, 2.45) is 0 Å². The smallest absolute Gasteiger partial charge is 0.246 e. The average Bonchev–Trinajstić information content (AvgIpc) is 2.59. The highest BCUT2D eigenvalue weighted by Gasteiger charge is 2.31. The first-order valence-corrected chi connectivity index (χ1v) is 9.67. The highest BCUT2D eigenvalue weighted by molar-refractivity contribution is 7.89. The number of rotatable bonds is 3. The zero-order valence-corrected chi connectivity index (χ0v) is 15.3. The van der Waals surface area contributed by atoms with Gasteiger partial charge in [-0.3, -0.25) is 0 Å². The van der Waals surface area contributed by atoms with Gasteiger partial charge < -0.3 is 10.0 Å². The minimum absolute atomic E-state index is 0.115. The van der Waals surface area contributed by atoms with E-state index in [1.165, 1.54) is 28.6 Å². The highest BCUT2D eigenvalue weighted by Crippen LogP contribution is 2.36. The minimum Gasteiger partial charge on any atom is -0.505 e. The SMILES string of the molecule is O=S(=O)(c1cc(Cl)cc(Cl)c1O)N1CCN(c2ccc(F)cc2)CC1. The summed E-state index contributed by atoms with van der Waals surface area (Å²) in [6, 6.07) is 8.51. The summed E-state index contributed by atoms with van der Waals surface area (Å²) in [6.07, 6.45) is 0. The van der Waals surface area contributed by atoms with E-state index in [0.29, 0.717) is 13.1 Å². The van der Waals surface area contributed by atoms with Gasteiger partial charge in [0.25, 0.3) is 0 Å². The second-order valence-corrected chi connectivity index (χ2v) is 8.35. The number of phenolic OH excluding ortho intramolecular Hbond substituents is 1. The molecule has 0 aliphatic carbocycles. The number of anilines is 1. The van der Waals surface area contributed by atoms with Gasteiger partial charge in [-0.25, -0.2) is 12.8 Å². The third-order valence-corrected chi connectivity index (χ3v) is 6.46. The molecule has 0 spiro atoms. The molecule has 1 N–H and O–H groups in total. The van der Waals surface area contributed by atoms with Crippen LogP contribution in [-0.4, -0.2) is 44.0 Å². The highest BCUT2D eigenvalue weighted by atomic mass is 35.5. The number of halogens is 3. The van der Waals surface area contributed by atoms with Crippen molar-refractivity contribution in [3.8, 4) is 5.75 Å². The number of phenols is 1. The number of sulfonamides is 1. The maximum absolute atomic E-state index is 13.0. The molecule has 0 saturated carbocycles. The number of piperazine rings is 1.